The highest BCUT2D eigenvalue weighted by Crippen LogP contribution is 2.33. The molecule has 0 spiro atoms. The molecule has 0 bridgehead atoms. The normalized spacial score (nSPS) is 10.8. The van der Waals surface area contributed by atoms with Gasteiger partial charge in [-0.3, -0.25) is 4.79 Å². The summed E-state index contributed by atoms with van der Waals surface area (Å²) in [6.45, 7) is 9.45. The second-order valence-electron chi connectivity index (χ2n) is 9.25. The average Bonchev–Trinajstić information content (AvgIpc) is 2.97. The van der Waals surface area contributed by atoms with Crippen LogP contribution in [0.2, 0.25) is 0 Å². The van der Waals surface area contributed by atoms with Crippen LogP contribution in [0.5, 0.6) is 0 Å². The van der Waals surface area contributed by atoms with Crippen molar-refractivity contribution in [3.63, 3.8) is 0 Å². The summed E-state index contributed by atoms with van der Waals surface area (Å²) in [7, 11) is 4.20. The van der Waals surface area contributed by atoms with Gasteiger partial charge in [-0.1, -0.05) is 79.6 Å². The van der Waals surface area contributed by atoms with Crippen LogP contribution in [0.1, 0.15) is 61.8 Å². The van der Waals surface area contributed by atoms with Gasteiger partial charge < -0.3 is 24.5 Å². The van der Waals surface area contributed by atoms with Crippen molar-refractivity contribution in [3.8, 4) is 11.1 Å². The Kier molecular flexibility index (Phi) is 16.5. The van der Waals surface area contributed by atoms with Gasteiger partial charge in [-0.05, 0) is 67.1 Å². The van der Waals surface area contributed by atoms with Crippen LogP contribution in [-0.2, 0) is 19.1 Å². The summed E-state index contributed by atoms with van der Waals surface area (Å²) in [4.78, 5) is 29.7. The van der Waals surface area contributed by atoms with Crippen molar-refractivity contribution in [2.75, 3.05) is 32.1 Å². The molecular formula is C33H44N2O4. The molecule has 0 heterocycles. The molecule has 210 valence electrons. The molecule has 0 saturated carbocycles. The lowest BCUT2D eigenvalue weighted by molar-refractivity contribution is -0.143. The number of benzene rings is 3. The summed E-state index contributed by atoms with van der Waals surface area (Å²) in [5, 5.41) is 3.85. The highest BCUT2D eigenvalue weighted by molar-refractivity contribution is 5.69. The molecule has 1 atom stereocenters. The minimum atomic E-state index is -0.0830. The number of ether oxygens (including phenoxy) is 1. The van der Waals surface area contributed by atoms with Gasteiger partial charge in [-0.15, -0.1) is 0 Å². The van der Waals surface area contributed by atoms with Gasteiger partial charge in [0.15, 0.2) is 0 Å². The fraction of sp³-hybridized carbons (Fsp3) is 0.364. The van der Waals surface area contributed by atoms with E-state index in [-0.39, 0.29) is 12.0 Å². The molecule has 1 N–H and O–H groups in total. The molecule has 39 heavy (non-hydrogen) atoms. The quantitative estimate of drug-likeness (QED) is 0.199. The Labute approximate surface area is 234 Å². The highest BCUT2D eigenvalue weighted by Gasteiger charge is 2.20. The number of hydrogen-bond acceptors (Lipinski definition) is 6. The third-order valence-corrected chi connectivity index (χ3v) is 6.38. The van der Waals surface area contributed by atoms with Gasteiger partial charge in [-0.2, -0.15) is 0 Å². The SMILES string of the molecule is C=O.C=O.CCOC(=O)CCCCCCNC(c1ccc(-c2ccccc2)cc1C)c1ccccc1N(C)C. The van der Waals surface area contributed by atoms with Gasteiger partial charge in [-0.25, -0.2) is 0 Å². The smallest absolute Gasteiger partial charge is 0.305 e. The van der Waals surface area contributed by atoms with Gasteiger partial charge >= 0.3 is 5.97 Å². The number of carbonyl (C=O) groups is 3. The lowest BCUT2D eigenvalue weighted by Crippen LogP contribution is -2.26. The zero-order chi connectivity index (χ0) is 29.0. The van der Waals surface area contributed by atoms with Crippen LogP contribution in [0.15, 0.2) is 72.8 Å². The Balaban J connectivity index is 0.00000181. The minimum absolute atomic E-state index is 0.0830. The van der Waals surface area contributed by atoms with E-state index in [1.54, 1.807) is 0 Å². The number of unbranched alkanes of at least 4 members (excludes halogenated alkanes) is 3. The van der Waals surface area contributed by atoms with E-state index in [0.717, 1.165) is 32.2 Å². The van der Waals surface area contributed by atoms with Crippen molar-refractivity contribution < 1.29 is 19.1 Å². The summed E-state index contributed by atoms with van der Waals surface area (Å²) < 4.78 is 5.02. The number of nitrogens with zero attached hydrogens (tertiary/aromatic N) is 1. The van der Waals surface area contributed by atoms with Crippen LogP contribution in [0.25, 0.3) is 11.1 Å². The first-order valence-corrected chi connectivity index (χ1v) is 13.4. The van der Waals surface area contributed by atoms with E-state index in [4.69, 9.17) is 14.3 Å². The number of hydrogen-bond donors (Lipinski definition) is 1. The molecule has 3 aromatic carbocycles. The van der Waals surface area contributed by atoms with Crippen molar-refractivity contribution in [2.45, 2.75) is 52.0 Å². The van der Waals surface area contributed by atoms with Crippen molar-refractivity contribution in [3.05, 3.63) is 89.5 Å². The van der Waals surface area contributed by atoms with Gasteiger partial charge in [0.05, 0.1) is 12.6 Å². The number of aryl methyl sites for hydroxylation is 1. The fourth-order valence-corrected chi connectivity index (χ4v) is 4.56. The monoisotopic (exact) mass is 532 g/mol. The molecule has 1 unspecified atom stereocenters. The van der Waals surface area contributed by atoms with Gasteiger partial charge in [0.2, 0.25) is 0 Å². The van der Waals surface area contributed by atoms with Crippen LogP contribution in [-0.4, -0.2) is 46.8 Å². The van der Waals surface area contributed by atoms with Crippen LogP contribution in [0, 0.1) is 6.92 Å². The van der Waals surface area contributed by atoms with Crippen LogP contribution in [0.3, 0.4) is 0 Å². The summed E-state index contributed by atoms with van der Waals surface area (Å²) in [5.74, 6) is -0.0830. The second kappa shape index (κ2) is 19.3. The molecule has 0 amide bonds. The Hall–Kier alpha value is -3.77. The first-order valence-electron chi connectivity index (χ1n) is 13.4. The van der Waals surface area contributed by atoms with Crippen molar-refractivity contribution in [2.24, 2.45) is 0 Å². The second-order valence-corrected chi connectivity index (χ2v) is 9.25. The molecule has 0 aliphatic heterocycles. The molecule has 0 saturated heterocycles. The van der Waals surface area contributed by atoms with Gasteiger partial charge in [0, 0.05) is 26.2 Å². The predicted molar refractivity (Wildman–Crippen MR) is 161 cm³/mol. The largest absolute Gasteiger partial charge is 0.466 e. The third kappa shape index (κ3) is 10.9. The number of esters is 1. The maximum absolute atomic E-state index is 11.5. The summed E-state index contributed by atoms with van der Waals surface area (Å²) in [6.07, 6.45) is 4.63. The van der Waals surface area contributed by atoms with E-state index < -0.39 is 0 Å². The fourth-order valence-electron chi connectivity index (χ4n) is 4.56. The van der Waals surface area contributed by atoms with E-state index >= 15 is 0 Å². The maximum atomic E-state index is 11.5. The Morgan fingerprint density at radius 1 is 0.821 bits per heavy atom. The first kappa shape index (κ1) is 33.3. The van der Waals surface area contributed by atoms with E-state index in [9.17, 15) is 4.79 Å². The van der Waals surface area contributed by atoms with E-state index in [1.807, 2.05) is 20.5 Å². The summed E-state index contributed by atoms with van der Waals surface area (Å²) in [5.41, 5.74) is 7.59. The van der Waals surface area contributed by atoms with Crippen LogP contribution in [0.4, 0.5) is 5.69 Å². The van der Waals surface area contributed by atoms with Crippen LogP contribution < -0.4 is 10.2 Å². The lowest BCUT2D eigenvalue weighted by atomic mass is 9.91. The van der Waals surface area contributed by atoms with Gasteiger partial charge in [0.25, 0.3) is 0 Å². The predicted octanol–water partition coefficient (Wildman–Crippen LogP) is 6.55. The van der Waals surface area contributed by atoms with Crippen molar-refractivity contribution >= 4 is 25.2 Å². The summed E-state index contributed by atoms with van der Waals surface area (Å²) in [6, 6.07) is 26.1. The molecule has 6 heteroatoms. The first-order chi connectivity index (χ1) is 19.0. The highest BCUT2D eigenvalue weighted by atomic mass is 16.5. The Morgan fingerprint density at radius 3 is 2.10 bits per heavy atom. The molecule has 0 aliphatic rings. The molecular weight excluding hydrogens is 488 g/mol. The average molecular weight is 533 g/mol. The minimum Gasteiger partial charge on any atom is -0.466 e. The zero-order valence-corrected chi connectivity index (χ0v) is 23.9. The Bertz CT molecular complexity index is 1100. The standard InChI is InChI=1S/C31H40N2O2.2CH2O/c1-5-35-30(34)19-11-6-7-14-22-32-31(28-17-12-13-18-29(28)33(3)4)27-21-20-26(23-24(27)2)25-15-9-8-10-16-25;2*1-2/h8-10,12-13,15-18,20-21,23,31-32H,5-7,11,14,19,22H2,1-4H3;2*1H2. The molecule has 0 aromatic heterocycles. The molecule has 0 aliphatic carbocycles. The van der Waals surface area contributed by atoms with Crippen molar-refractivity contribution in [1.29, 1.82) is 0 Å². The maximum Gasteiger partial charge on any atom is 0.305 e. The molecule has 3 aromatic rings. The zero-order valence-electron chi connectivity index (χ0n) is 23.9. The molecule has 3 rings (SSSR count). The van der Waals surface area contributed by atoms with Crippen LogP contribution >= 0.6 is 0 Å². The number of carbonyl (C=O) groups excluding carboxylic acids is 3. The number of rotatable bonds is 13. The van der Waals surface area contributed by atoms with Gasteiger partial charge in [0.1, 0.15) is 13.6 Å². The third-order valence-electron chi connectivity index (χ3n) is 6.38. The topological polar surface area (TPSA) is 75.7 Å². The Morgan fingerprint density at radius 2 is 1.46 bits per heavy atom. The van der Waals surface area contributed by atoms with E-state index in [0.29, 0.717) is 13.0 Å². The molecule has 0 fully saturated rings. The number of anilines is 1. The lowest BCUT2D eigenvalue weighted by Gasteiger charge is -2.27. The number of nitrogens with one attached hydrogen (secondary N) is 1. The van der Waals surface area contributed by atoms with E-state index in [2.05, 4.69) is 104 Å². The molecule has 0 radical (unpaired) electrons. The van der Waals surface area contributed by atoms with E-state index in [1.165, 1.54) is 33.5 Å². The number of para-hydroxylation sites is 1. The van der Waals surface area contributed by atoms with Crippen molar-refractivity contribution in [1.82, 2.24) is 5.32 Å². The molecule has 6 nitrogen and oxygen atoms in total. The summed E-state index contributed by atoms with van der Waals surface area (Å²) >= 11 is 0.